The summed E-state index contributed by atoms with van der Waals surface area (Å²) in [7, 11) is 0. The molecule has 0 aliphatic rings. The number of ketones is 1. The maximum absolute atomic E-state index is 13.2. The van der Waals surface area contributed by atoms with Gasteiger partial charge in [-0.1, -0.05) is 44.2 Å². The molecule has 5 heteroatoms. The van der Waals surface area contributed by atoms with E-state index in [1.165, 1.54) is 0 Å². The predicted octanol–water partition coefficient (Wildman–Crippen LogP) is 4.61. The smallest absolute Gasteiger partial charge is 0.170 e. The maximum atomic E-state index is 13.2. The number of carbonyl (C=O) groups is 1. The van der Waals surface area contributed by atoms with E-state index in [4.69, 9.17) is 14.2 Å². The van der Waals surface area contributed by atoms with Gasteiger partial charge in [-0.2, -0.15) is 0 Å². The van der Waals surface area contributed by atoms with Crippen LogP contribution in [0.25, 0.3) is 0 Å². The first kappa shape index (κ1) is 25.8. The molecule has 0 heterocycles. The summed E-state index contributed by atoms with van der Waals surface area (Å²) in [6.45, 7) is 15.9. The zero-order chi connectivity index (χ0) is 22.2. The third-order valence-electron chi connectivity index (χ3n) is 5.02. The van der Waals surface area contributed by atoms with Crippen LogP contribution in [0.5, 0.6) is 0 Å². The number of ether oxygens (including phenoxy) is 3. The average Bonchev–Trinajstić information content (AvgIpc) is 2.65. The van der Waals surface area contributed by atoms with Crippen molar-refractivity contribution < 1.29 is 24.1 Å². The molecule has 1 aromatic carbocycles. The van der Waals surface area contributed by atoms with Gasteiger partial charge in [-0.15, -0.1) is 0 Å². The molecule has 0 radical (unpaired) electrons. The van der Waals surface area contributed by atoms with Crippen LogP contribution in [0.4, 0.5) is 0 Å². The van der Waals surface area contributed by atoms with Gasteiger partial charge in [0.1, 0.15) is 5.78 Å². The van der Waals surface area contributed by atoms with Crippen LogP contribution >= 0.6 is 0 Å². The maximum Gasteiger partial charge on any atom is 0.170 e. The van der Waals surface area contributed by atoms with E-state index in [1.807, 2.05) is 78.8 Å². The van der Waals surface area contributed by atoms with Crippen LogP contribution in [0, 0.1) is 17.3 Å². The Balaban J connectivity index is 2.71. The summed E-state index contributed by atoms with van der Waals surface area (Å²) >= 11 is 0. The summed E-state index contributed by atoms with van der Waals surface area (Å²) in [6.07, 6.45) is -1.63. The summed E-state index contributed by atoms with van der Waals surface area (Å²) < 4.78 is 17.6. The van der Waals surface area contributed by atoms with E-state index in [9.17, 15) is 9.90 Å². The minimum atomic E-state index is -0.889. The Morgan fingerprint density at radius 3 is 1.97 bits per heavy atom. The van der Waals surface area contributed by atoms with Gasteiger partial charge in [0.05, 0.1) is 36.9 Å². The summed E-state index contributed by atoms with van der Waals surface area (Å²) in [5.74, 6) is -0.815. The van der Waals surface area contributed by atoms with E-state index < -0.39 is 23.7 Å². The van der Waals surface area contributed by atoms with Gasteiger partial charge in [-0.05, 0) is 47.1 Å². The van der Waals surface area contributed by atoms with Gasteiger partial charge in [-0.25, -0.2) is 0 Å². The summed E-state index contributed by atoms with van der Waals surface area (Å²) in [5.41, 5.74) is 0.193. The van der Waals surface area contributed by atoms with Crippen molar-refractivity contribution in [3.63, 3.8) is 0 Å². The quantitative estimate of drug-likeness (QED) is 0.483. The van der Waals surface area contributed by atoms with Crippen LogP contribution in [0.15, 0.2) is 30.3 Å². The number of aliphatic hydroxyl groups is 1. The first-order valence-electron chi connectivity index (χ1n) is 10.6. The largest absolute Gasteiger partial charge is 0.392 e. The van der Waals surface area contributed by atoms with Crippen LogP contribution < -0.4 is 0 Å². The molecule has 0 saturated carbocycles. The summed E-state index contributed by atoms with van der Waals surface area (Å²) in [4.78, 5) is 13.2. The lowest BCUT2D eigenvalue weighted by Gasteiger charge is -2.38. The number of Topliss-reactive ketones (excluding diaryl/α,β-unsaturated/α-hetero) is 1. The molecule has 1 unspecified atom stereocenters. The second-order valence-corrected chi connectivity index (χ2v) is 9.04. The van der Waals surface area contributed by atoms with Crippen LogP contribution in [-0.4, -0.2) is 42.1 Å². The second-order valence-electron chi connectivity index (χ2n) is 9.04. The third kappa shape index (κ3) is 8.17. The Kier molecular flexibility index (Phi) is 10.5. The molecule has 3 atom stereocenters. The molecular formula is C24H40O5. The Morgan fingerprint density at radius 1 is 0.966 bits per heavy atom. The van der Waals surface area contributed by atoms with Crippen molar-refractivity contribution in [2.75, 3.05) is 6.61 Å². The van der Waals surface area contributed by atoms with Gasteiger partial charge in [0, 0.05) is 11.8 Å². The van der Waals surface area contributed by atoms with Gasteiger partial charge < -0.3 is 19.3 Å². The molecule has 0 spiro atoms. The first-order chi connectivity index (χ1) is 13.5. The lowest BCUT2D eigenvalue weighted by molar-refractivity contribution is -0.229. The highest BCUT2D eigenvalue weighted by Crippen LogP contribution is 2.33. The minimum Gasteiger partial charge on any atom is -0.392 e. The molecule has 0 aliphatic heterocycles. The van der Waals surface area contributed by atoms with Crippen molar-refractivity contribution >= 4 is 5.78 Å². The lowest BCUT2D eigenvalue weighted by atomic mass is 9.77. The number of benzene rings is 1. The van der Waals surface area contributed by atoms with Gasteiger partial charge in [0.25, 0.3) is 0 Å². The Hall–Kier alpha value is -1.27. The fraction of sp³-hybridized carbons (Fsp3) is 0.708. The highest BCUT2D eigenvalue weighted by atomic mass is 16.7. The molecule has 166 valence electrons. The van der Waals surface area contributed by atoms with E-state index in [1.54, 1.807) is 6.92 Å². The molecule has 5 nitrogen and oxygen atoms in total. The monoisotopic (exact) mass is 408 g/mol. The van der Waals surface area contributed by atoms with Crippen molar-refractivity contribution in [3.8, 4) is 0 Å². The predicted molar refractivity (Wildman–Crippen MR) is 115 cm³/mol. The zero-order valence-electron chi connectivity index (χ0n) is 19.3. The van der Waals surface area contributed by atoms with Gasteiger partial charge >= 0.3 is 0 Å². The van der Waals surface area contributed by atoms with Gasteiger partial charge in [0.15, 0.2) is 6.29 Å². The van der Waals surface area contributed by atoms with Crippen molar-refractivity contribution in [1.29, 1.82) is 0 Å². The first-order valence-corrected chi connectivity index (χ1v) is 10.6. The number of rotatable bonds is 13. The Morgan fingerprint density at radius 2 is 1.48 bits per heavy atom. The second kappa shape index (κ2) is 11.8. The fourth-order valence-electron chi connectivity index (χ4n) is 3.25. The molecule has 1 rings (SSSR count). The Bertz CT molecular complexity index is 587. The van der Waals surface area contributed by atoms with Crippen molar-refractivity contribution in [1.82, 2.24) is 0 Å². The van der Waals surface area contributed by atoms with E-state index in [2.05, 4.69) is 0 Å². The molecule has 0 bridgehead atoms. The van der Waals surface area contributed by atoms with Gasteiger partial charge in [-0.3, -0.25) is 4.79 Å². The zero-order valence-corrected chi connectivity index (χ0v) is 19.3. The highest BCUT2D eigenvalue weighted by molar-refractivity contribution is 5.87. The summed E-state index contributed by atoms with van der Waals surface area (Å²) in [6, 6.07) is 9.90. The average molecular weight is 409 g/mol. The topological polar surface area (TPSA) is 65.0 Å². The summed E-state index contributed by atoms with van der Waals surface area (Å²) in [5, 5.41) is 10.8. The van der Waals surface area contributed by atoms with E-state index in [0.717, 1.165) is 5.56 Å². The van der Waals surface area contributed by atoms with Gasteiger partial charge in [0.2, 0.25) is 0 Å². The number of hydrogen-bond donors (Lipinski definition) is 1. The normalized spacial score (nSPS) is 15.7. The van der Waals surface area contributed by atoms with Crippen LogP contribution in [-0.2, 0) is 25.6 Å². The fourth-order valence-corrected chi connectivity index (χ4v) is 3.25. The standard InChI is InChI=1S/C24H40O5/c1-16(2)28-23(29-17(3)4)24(7,8)22(26)19(6)21(25)18(5)14-27-15-20-12-10-9-11-13-20/h9-13,16-19,21,23,25H,14-15H2,1-8H3/t18-,19-,21?/m0/s1. The van der Waals surface area contributed by atoms with E-state index in [-0.39, 0.29) is 23.9 Å². The lowest BCUT2D eigenvalue weighted by Crippen LogP contribution is -2.48. The number of hydrogen-bond acceptors (Lipinski definition) is 5. The molecule has 29 heavy (non-hydrogen) atoms. The van der Waals surface area contributed by atoms with Crippen LogP contribution in [0.2, 0.25) is 0 Å². The van der Waals surface area contributed by atoms with Crippen molar-refractivity contribution in [3.05, 3.63) is 35.9 Å². The van der Waals surface area contributed by atoms with Crippen molar-refractivity contribution in [2.45, 2.75) is 86.6 Å². The molecule has 0 saturated heterocycles. The molecular weight excluding hydrogens is 368 g/mol. The molecule has 0 aromatic heterocycles. The Labute approximate surface area is 176 Å². The molecule has 0 aliphatic carbocycles. The van der Waals surface area contributed by atoms with Crippen LogP contribution in [0.1, 0.15) is 61.0 Å². The molecule has 1 aromatic rings. The number of carbonyl (C=O) groups excluding carboxylic acids is 1. The van der Waals surface area contributed by atoms with Crippen LogP contribution in [0.3, 0.4) is 0 Å². The van der Waals surface area contributed by atoms with E-state index >= 15 is 0 Å². The molecule has 1 N–H and O–H groups in total. The van der Waals surface area contributed by atoms with E-state index in [0.29, 0.717) is 13.2 Å². The minimum absolute atomic E-state index is 0.0728. The van der Waals surface area contributed by atoms with Crippen molar-refractivity contribution in [2.24, 2.45) is 17.3 Å². The molecule has 0 fully saturated rings. The molecule has 0 amide bonds. The highest BCUT2D eigenvalue weighted by Gasteiger charge is 2.44. The number of aliphatic hydroxyl groups excluding tert-OH is 1. The third-order valence-corrected chi connectivity index (χ3v) is 5.02. The SMILES string of the molecule is CC(C)OC(OC(C)C)C(C)(C)C(=O)[C@@H](C)C(O)[C@@H](C)COCc1ccccc1.